The van der Waals surface area contributed by atoms with Gasteiger partial charge in [0.15, 0.2) is 5.79 Å². The fourth-order valence-electron chi connectivity index (χ4n) is 3.15. The number of fused-ring (bicyclic) bond motifs is 1. The molecular formula is C23H27NO5. The quantitative estimate of drug-likeness (QED) is 0.703. The normalized spacial score (nSPS) is 19.2. The van der Waals surface area contributed by atoms with E-state index < -0.39 is 17.3 Å². The second-order valence-corrected chi connectivity index (χ2v) is 7.96. The van der Waals surface area contributed by atoms with Crippen molar-refractivity contribution in [2.45, 2.75) is 46.5 Å². The molecule has 1 aliphatic rings. The monoisotopic (exact) mass is 397 g/mol. The van der Waals surface area contributed by atoms with Crippen LogP contribution in [0.3, 0.4) is 0 Å². The highest BCUT2D eigenvalue weighted by Crippen LogP contribution is 2.33. The largest absolute Gasteiger partial charge is 0.456 e. The van der Waals surface area contributed by atoms with Gasteiger partial charge in [0.2, 0.25) is 0 Å². The van der Waals surface area contributed by atoms with Crippen LogP contribution in [0.1, 0.15) is 52.0 Å². The minimum Gasteiger partial charge on any atom is -0.456 e. The van der Waals surface area contributed by atoms with Gasteiger partial charge >= 0.3 is 5.97 Å². The number of ketones is 1. The van der Waals surface area contributed by atoms with E-state index in [1.165, 1.54) is 6.92 Å². The lowest BCUT2D eigenvalue weighted by Gasteiger charge is -2.40. The predicted molar refractivity (Wildman–Crippen MR) is 110 cm³/mol. The number of ether oxygens (including phenoxy) is 3. The number of Topliss-reactive ketones (excluding diaryl/α,β-unsaturated/α-hetero) is 1. The minimum absolute atomic E-state index is 0.000608. The van der Waals surface area contributed by atoms with E-state index in [0.29, 0.717) is 5.69 Å². The number of hydrogen-bond donors (Lipinski definition) is 0. The fourth-order valence-corrected chi connectivity index (χ4v) is 3.15. The number of carbonyl (C=O) groups is 2. The zero-order chi connectivity index (χ0) is 21.2. The molecule has 0 N–H and O–H groups in total. The summed E-state index contributed by atoms with van der Waals surface area (Å²) in [5.41, 5.74) is 1.58. The van der Waals surface area contributed by atoms with Crippen LogP contribution in [0.25, 0.3) is 17.0 Å². The molecule has 3 rings (SSSR count). The van der Waals surface area contributed by atoms with Crippen LogP contribution in [-0.4, -0.2) is 35.7 Å². The van der Waals surface area contributed by atoms with Gasteiger partial charge in [-0.3, -0.25) is 9.59 Å². The molecule has 2 aromatic rings. The Morgan fingerprint density at radius 3 is 2.41 bits per heavy atom. The van der Waals surface area contributed by atoms with Gasteiger partial charge < -0.3 is 14.2 Å². The number of pyridine rings is 1. The maximum Gasteiger partial charge on any atom is 0.303 e. The smallest absolute Gasteiger partial charge is 0.303 e. The van der Waals surface area contributed by atoms with E-state index >= 15 is 0 Å². The van der Waals surface area contributed by atoms with Crippen molar-refractivity contribution in [1.29, 1.82) is 0 Å². The summed E-state index contributed by atoms with van der Waals surface area (Å²) in [5, 5.41) is 0.980. The molecule has 1 aromatic carbocycles. The van der Waals surface area contributed by atoms with Crippen molar-refractivity contribution in [3.8, 4) is 0 Å². The molecule has 1 aromatic heterocycles. The van der Waals surface area contributed by atoms with E-state index in [2.05, 4.69) is 4.98 Å². The summed E-state index contributed by atoms with van der Waals surface area (Å²) in [6.45, 7) is 8.96. The average molecular weight is 397 g/mol. The summed E-state index contributed by atoms with van der Waals surface area (Å²) in [7, 11) is 0. The van der Waals surface area contributed by atoms with Crippen molar-refractivity contribution < 1.29 is 23.8 Å². The first-order chi connectivity index (χ1) is 13.6. The van der Waals surface area contributed by atoms with Gasteiger partial charge in [-0.05, 0) is 45.4 Å². The Morgan fingerprint density at radius 1 is 1.14 bits per heavy atom. The number of nitrogens with zero attached hydrogens (tertiary/aromatic N) is 1. The van der Waals surface area contributed by atoms with Crippen LogP contribution in [0.5, 0.6) is 0 Å². The van der Waals surface area contributed by atoms with Crippen molar-refractivity contribution in [3.05, 3.63) is 47.7 Å². The van der Waals surface area contributed by atoms with E-state index in [9.17, 15) is 9.59 Å². The van der Waals surface area contributed by atoms with Gasteiger partial charge in [0.25, 0.3) is 0 Å². The number of aromatic nitrogens is 1. The molecule has 1 fully saturated rings. The lowest BCUT2D eigenvalue weighted by Crippen LogP contribution is -2.48. The summed E-state index contributed by atoms with van der Waals surface area (Å²) in [5.74, 6) is -1.03. The Kier molecular flexibility index (Phi) is 5.87. The fraction of sp³-hybridized carbons (Fsp3) is 0.435. The Labute approximate surface area is 170 Å². The van der Waals surface area contributed by atoms with Gasteiger partial charge in [-0.2, -0.15) is 0 Å². The average Bonchev–Trinajstić information content (AvgIpc) is 2.66. The summed E-state index contributed by atoms with van der Waals surface area (Å²) < 4.78 is 16.7. The zero-order valence-electron chi connectivity index (χ0n) is 17.5. The third-order valence-electron chi connectivity index (χ3n) is 5.15. The first kappa shape index (κ1) is 21.1. The maximum atomic E-state index is 12.3. The van der Waals surface area contributed by atoms with E-state index in [1.807, 2.05) is 56.3 Å². The molecule has 6 heteroatoms. The first-order valence-corrected chi connectivity index (χ1v) is 9.66. The van der Waals surface area contributed by atoms with Crippen LogP contribution in [0.4, 0.5) is 0 Å². The van der Waals surface area contributed by atoms with E-state index in [-0.39, 0.29) is 25.0 Å². The van der Waals surface area contributed by atoms with Crippen LogP contribution < -0.4 is 0 Å². The second kappa shape index (κ2) is 8.05. The standard InChI is InChI=1S/C23H27NO5/c1-15(29-17(3)26)20-9-8-19-7-6-18(12-21(19)24-20)10-11-23(16(2)25)13-27-22(4,5)28-14-23/h6-12,15H,13-14H2,1-5H3/b11-10+/t15-/m1/s1. The van der Waals surface area contributed by atoms with Crippen LogP contribution >= 0.6 is 0 Å². The van der Waals surface area contributed by atoms with Crippen LogP contribution in [-0.2, 0) is 23.8 Å². The minimum atomic E-state index is -0.802. The summed E-state index contributed by atoms with van der Waals surface area (Å²) in [4.78, 5) is 28.1. The number of rotatable bonds is 5. The molecule has 0 saturated carbocycles. The molecule has 0 bridgehead atoms. The second-order valence-electron chi connectivity index (χ2n) is 7.96. The lowest BCUT2D eigenvalue weighted by molar-refractivity contribution is -0.271. The molecule has 6 nitrogen and oxygen atoms in total. The van der Waals surface area contributed by atoms with Crippen molar-refractivity contribution in [3.63, 3.8) is 0 Å². The molecule has 29 heavy (non-hydrogen) atoms. The number of benzene rings is 1. The van der Waals surface area contributed by atoms with Crippen molar-refractivity contribution >= 4 is 28.7 Å². The zero-order valence-corrected chi connectivity index (χ0v) is 17.5. The van der Waals surface area contributed by atoms with Gasteiger partial charge in [-0.1, -0.05) is 30.4 Å². The molecule has 0 radical (unpaired) electrons. The number of hydrogen-bond acceptors (Lipinski definition) is 6. The van der Waals surface area contributed by atoms with Gasteiger partial charge in [0, 0.05) is 12.3 Å². The summed E-state index contributed by atoms with van der Waals surface area (Å²) in [6.07, 6.45) is 3.34. The van der Waals surface area contributed by atoms with Crippen molar-refractivity contribution in [2.75, 3.05) is 13.2 Å². The van der Waals surface area contributed by atoms with Gasteiger partial charge in [-0.15, -0.1) is 0 Å². The topological polar surface area (TPSA) is 74.7 Å². The van der Waals surface area contributed by atoms with Crippen LogP contribution in [0, 0.1) is 5.41 Å². The molecule has 1 saturated heterocycles. The third kappa shape index (κ3) is 4.89. The predicted octanol–water partition coefficient (Wildman–Crippen LogP) is 4.23. The lowest BCUT2D eigenvalue weighted by atomic mass is 9.83. The van der Waals surface area contributed by atoms with E-state index in [4.69, 9.17) is 14.2 Å². The van der Waals surface area contributed by atoms with E-state index in [0.717, 1.165) is 16.5 Å². The Hall–Kier alpha value is -2.57. The number of esters is 1. The maximum absolute atomic E-state index is 12.3. The van der Waals surface area contributed by atoms with Crippen molar-refractivity contribution in [1.82, 2.24) is 4.98 Å². The molecule has 2 heterocycles. The van der Waals surface area contributed by atoms with Gasteiger partial charge in [0.1, 0.15) is 11.9 Å². The van der Waals surface area contributed by atoms with Crippen LogP contribution in [0.2, 0.25) is 0 Å². The molecule has 0 unspecified atom stereocenters. The Morgan fingerprint density at radius 2 is 1.79 bits per heavy atom. The van der Waals surface area contributed by atoms with Crippen LogP contribution in [0.15, 0.2) is 36.4 Å². The molecule has 154 valence electrons. The highest BCUT2D eigenvalue weighted by Gasteiger charge is 2.41. The summed E-state index contributed by atoms with van der Waals surface area (Å²) in [6, 6.07) is 9.69. The van der Waals surface area contributed by atoms with Gasteiger partial charge in [0.05, 0.1) is 29.8 Å². The summed E-state index contributed by atoms with van der Waals surface area (Å²) >= 11 is 0. The highest BCUT2D eigenvalue weighted by molar-refractivity contribution is 5.87. The van der Waals surface area contributed by atoms with Crippen molar-refractivity contribution in [2.24, 2.45) is 5.41 Å². The molecule has 0 amide bonds. The Balaban J connectivity index is 1.87. The molecule has 1 aliphatic heterocycles. The molecule has 0 aliphatic carbocycles. The van der Waals surface area contributed by atoms with E-state index in [1.54, 1.807) is 13.8 Å². The SMILES string of the molecule is CC(=O)O[C@H](C)c1ccc2ccc(/C=C/C3(C(C)=O)COC(C)(C)OC3)cc2n1. The first-order valence-electron chi connectivity index (χ1n) is 9.66. The third-order valence-corrected chi connectivity index (χ3v) is 5.15. The molecule has 0 spiro atoms. The number of carbonyl (C=O) groups excluding carboxylic acids is 2. The molecule has 1 atom stereocenters. The molecular weight excluding hydrogens is 370 g/mol. The Bertz CT molecular complexity index is 953. The van der Waals surface area contributed by atoms with Gasteiger partial charge in [-0.25, -0.2) is 4.98 Å². The highest BCUT2D eigenvalue weighted by atomic mass is 16.7.